The molecule has 4 rings (SSSR count). The Morgan fingerprint density at radius 2 is 2.14 bits per heavy atom. The summed E-state index contributed by atoms with van der Waals surface area (Å²) in [4.78, 5) is 19.8. The minimum absolute atomic E-state index is 0.0741. The molecule has 2 aliphatic rings. The van der Waals surface area contributed by atoms with E-state index >= 15 is 0 Å². The molecule has 0 saturated carbocycles. The van der Waals surface area contributed by atoms with Gasteiger partial charge < -0.3 is 9.47 Å². The number of ether oxygens (including phenoxy) is 2. The summed E-state index contributed by atoms with van der Waals surface area (Å²) in [6.45, 7) is 6.27. The average molecular weight is 388 g/mol. The molecule has 1 atom stereocenters. The zero-order chi connectivity index (χ0) is 20.4. The Morgan fingerprint density at radius 1 is 1.31 bits per heavy atom. The average Bonchev–Trinajstić information content (AvgIpc) is 3.06. The molecular weight excluding hydrogens is 364 g/mol. The molecule has 0 bridgehead atoms. The van der Waals surface area contributed by atoms with Crippen LogP contribution in [0.15, 0.2) is 65.7 Å². The molecule has 2 aliphatic heterocycles. The molecule has 0 radical (unpaired) electrons. The van der Waals surface area contributed by atoms with Gasteiger partial charge in [-0.15, -0.1) is 0 Å². The number of aliphatic imine (C=N–C) groups is 1. The highest BCUT2D eigenvalue weighted by Gasteiger charge is 2.36. The SMILES string of the molecule is C=C/C(=C\CC)COc1cc2c(cc1OC)C(=O)N1c3ccccc3C[C@H]1C=N2. The van der Waals surface area contributed by atoms with E-state index in [-0.39, 0.29) is 11.9 Å². The van der Waals surface area contributed by atoms with E-state index in [0.29, 0.717) is 29.4 Å². The standard InChI is InChI=1S/C24H24N2O3/c1-4-8-16(5-2)15-29-23-13-20-19(12-22(23)28-3)24(27)26-18(14-25-20)11-17-9-6-7-10-21(17)26/h5-10,12-14,18H,2,4,11,15H2,1,3H3/b16-8+/t18-/m0/s1. The highest BCUT2D eigenvalue weighted by atomic mass is 16.5. The van der Waals surface area contributed by atoms with Gasteiger partial charge in [0.1, 0.15) is 6.61 Å². The van der Waals surface area contributed by atoms with E-state index in [2.05, 4.69) is 30.6 Å². The van der Waals surface area contributed by atoms with E-state index in [1.165, 1.54) is 0 Å². The summed E-state index contributed by atoms with van der Waals surface area (Å²) in [5.74, 6) is 0.996. The largest absolute Gasteiger partial charge is 0.493 e. The molecule has 0 unspecified atom stereocenters. The number of methoxy groups -OCH3 is 1. The number of anilines is 1. The Morgan fingerprint density at radius 3 is 2.90 bits per heavy atom. The second kappa shape index (κ2) is 7.95. The van der Waals surface area contributed by atoms with Crippen LogP contribution in [-0.2, 0) is 6.42 Å². The smallest absolute Gasteiger partial charge is 0.261 e. The number of hydrogen-bond donors (Lipinski definition) is 0. The van der Waals surface area contributed by atoms with Crippen LogP contribution in [0.2, 0.25) is 0 Å². The third-order valence-corrected chi connectivity index (χ3v) is 5.25. The molecule has 2 aromatic rings. The topological polar surface area (TPSA) is 51.1 Å². The second-order valence-corrected chi connectivity index (χ2v) is 7.05. The van der Waals surface area contributed by atoms with Crippen molar-refractivity contribution >= 4 is 23.5 Å². The molecule has 0 N–H and O–H groups in total. The Balaban J connectivity index is 1.69. The summed E-state index contributed by atoms with van der Waals surface area (Å²) >= 11 is 0. The van der Waals surface area contributed by atoms with Gasteiger partial charge in [-0.2, -0.15) is 0 Å². The van der Waals surface area contributed by atoms with Crippen molar-refractivity contribution in [3.8, 4) is 11.5 Å². The number of carbonyl (C=O) groups is 1. The molecular formula is C24H24N2O3. The van der Waals surface area contributed by atoms with Crippen molar-refractivity contribution in [2.45, 2.75) is 25.8 Å². The summed E-state index contributed by atoms with van der Waals surface area (Å²) in [6.07, 6.45) is 7.38. The van der Waals surface area contributed by atoms with Gasteiger partial charge >= 0.3 is 0 Å². The van der Waals surface area contributed by atoms with Gasteiger partial charge in [0.2, 0.25) is 0 Å². The van der Waals surface area contributed by atoms with Gasteiger partial charge in [-0.1, -0.05) is 43.9 Å². The highest BCUT2D eigenvalue weighted by molar-refractivity contribution is 6.14. The van der Waals surface area contributed by atoms with Crippen molar-refractivity contribution in [3.05, 3.63) is 71.8 Å². The second-order valence-electron chi connectivity index (χ2n) is 7.05. The van der Waals surface area contributed by atoms with Crippen molar-refractivity contribution < 1.29 is 14.3 Å². The number of para-hydroxylation sites is 1. The number of fused-ring (bicyclic) bond motifs is 4. The molecule has 148 valence electrons. The molecule has 5 nitrogen and oxygen atoms in total. The lowest BCUT2D eigenvalue weighted by Crippen LogP contribution is -2.37. The van der Waals surface area contributed by atoms with Crippen LogP contribution in [0.25, 0.3) is 0 Å². The van der Waals surface area contributed by atoms with E-state index in [0.717, 1.165) is 29.7 Å². The summed E-state index contributed by atoms with van der Waals surface area (Å²) < 4.78 is 11.5. The van der Waals surface area contributed by atoms with Crippen LogP contribution in [0, 0.1) is 0 Å². The minimum atomic E-state index is -0.0810. The summed E-state index contributed by atoms with van der Waals surface area (Å²) in [5, 5.41) is 0. The molecule has 29 heavy (non-hydrogen) atoms. The number of hydrogen-bond acceptors (Lipinski definition) is 4. The number of nitrogens with zero attached hydrogens (tertiary/aromatic N) is 2. The van der Waals surface area contributed by atoms with Gasteiger partial charge in [-0.3, -0.25) is 14.7 Å². The van der Waals surface area contributed by atoms with Crippen LogP contribution in [-0.4, -0.2) is 31.9 Å². The first-order chi connectivity index (χ1) is 14.2. The highest BCUT2D eigenvalue weighted by Crippen LogP contribution is 2.40. The predicted molar refractivity (Wildman–Crippen MR) is 116 cm³/mol. The van der Waals surface area contributed by atoms with Crippen LogP contribution in [0.5, 0.6) is 11.5 Å². The lowest BCUT2D eigenvalue weighted by Gasteiger charge is -2.22. The van der Waals surface area contributed by atoms with Crippen molar-refractivity contribution in [3.63, 3.8) is 0 Å². The van der Waals surface area contributed by atoms with Crippen molar-refractivity contribution in [1.82, 2.24) is 0 Å². The fourth-order valence-corrected chi connectivity index (χ4v) is 3.81. The number of rotatable bonds is 6. The van der Waals surface area contributed by atoms with Crippen LogP contribution in [0.3, 0.4) is 0 Å². The van der Waals surface area contributed by atoms with Crippen LogP contribution in [0.4, 0.5) is 11.4 Å². The summed E-state index contributed by atoms with van der Waals surface area (Å²) in [5.41, 5.74) is 4.21. The Hall–Kier alpha value is -3.34. The summed E-state index contributed by atoms with van der Waals surface area (Å²) in [6, 6.07) is 11.4. The zero-order valence-electron chi connectivity index (χ0n) is 16.7. The molecule has 0 aliphatic carbocycles. The molecule has 2 aromatic carbocycles. The van der Waals surface area contributed by atoms with Crippen LogP contribution in [0.1, 0.15) is 29.3 Å². The zero-order valence-corrected chi connectivity index (χ0v) is 16.7. The Bertz CT molecular complexity index is 1020. The van der Waals surface area contributed by atoms with Gasteiger partial charge in [0.15, 0.2) is 11.5 Å². The van der Waals surface area contributed by atoms with Gasteiger partial charge in [-0.05, 0) is 29.7 Å². The quantitative estimate of drug-likeness (QED) is 0.663. The summed E-state index contributed by atoms with van der Waals surface area (Å²) in [7, 11) is 1.57. The Kier molecular flexibility index (Phi) is 5.21. The number of carbonyl (C=O) groups excluding carboxylic acids is 1. The van der Waals surface area contributed by atoms with Crippen LogP contribution >= 0.6 is 0 Å². The minimum Gasteiger partial charge on any atom is -0.493 e. The lowest BCUT2D eigenvalue weighted by atomic mass is 10.1. The maximum absolute atomic E-state index is 13.4. The van der Waals surface area contributed by atoms with Gasteiger partial charge in [0.05, 0.1) is 24.4 Å². The molecule has 0 spiro atoms. The molecule has 2 heterocycles. The molecule has 0 fully saturated rings. The van der Waals surface area contributed by atoms with E-state index in [9.17, 15) is 4.79 Å². The normalized spacial score (nSPS) is 17.3. The van der Waals surface area contributed by atoms with Gasteiger partial charge in [-0.25, -0.2) is 0 Å². The predicted octanol–water partition coefficient (Wildman–Crippen LogP) is 4.88. The fourth-order valence-electron chi connectivity index (χ4n) is 3.81. The molecule has 5 heteroatoms. The van der Waals surface area contributed by atoms with E-state index in [1.54, 1.807) is 25.3 Å². The van der Waals surface area contributed by atoms with E-state index in [1.807, 2.05) is 29.3 Å². The number of amides is 1. The van der Waals surface area contributed by atoms with Gasteiger partial charge in [0.25, 0.3) is 5.91 Å². The third-order valence-electron chi connectivity index (χ3n) is 5.25. The first-order valence-electron chi connectivity index (χ1n) is 9.78. The molecule has 1 amide bonds. The first kappa shape index (κ1) is 19.0. The fraction of sp³-hybridized carbons (Fsp3) is 0.250. The van der Waals surface area contributed by atoms with Gasteiger partial charge in [0, 0.05) is 24.4 Å². The first-order valence-corrected chi connectivity index (χ1v) is 9.78. The number of benzene rings is 2. The van der Waals surface area contributed by atoms with E-state index < -0.39 is 0 Å². The van der Waals surface area contributed by atoms with Crippen molar-refractivity contribution in [2.75, 3.05) is 18.6 Å². The molecule has 0 aromatic heterocycles. The molecule has 0 saturated heterocycles. The van der Waals surface area contributed by atoms with Crippen LogP contribution < -0.4 is 14.4 Å². The maximum atomic E-state index is 13.4. The Labute approximate surface area is 171 Å². The monoisotopic (exact) mass is 388 g/mol. The maximum Gasteiger partial charge on any atom is 0.261 e. The number of allylic oxidation sites excluding steroid dienone is 1. The third kappa shape index (κ3) is 3.44. The van der Waals surface area contributed by atoms with E-state index in [4.69, 9.17) is 9.47 Å². The van der Waals surface area contributed by atoms with Crippen molar-refractivity contribution in [2.24, 2.45) is 4.99 Å². The lowest BCUT2D eigenvalue weighted by molar-refractivity contribution is 0.0986. The van der Waals surface area contributed by atoms with Crippen molar-refractivity contribution in [1.29, 1.82) is 0 Å².